The van der Waals surface area contributed by atoms with Gasteiger partial charge >= 0.3 is 0 Å². The van der Waals surface area contributed by atoms with Crippen molar-refractivity contribution in [2.75, 3.05) is 6.54 Å². The van der Waals surface area contributed by atoms with E-state index in [1.54, 1.807) is 6.07 Å². The smallest absolute Gasteiger partial charge is 0.255 e. The van der Waals surface area contributed by atoms with E-state index in [0.29, 0.717) is 16.6 Å². The molecule has 0 bridgehead atoms. The van der Waals surface area contributed by atoms with Crippen LogP contribution < -0.4 is 5.14 Å². The van der Waals surface area contributed by atoms with Gasteiger partial charge in [-0.3, -0.25) is 4.79 Å². The van der Waals surface area contributed by atoms with Crippen molar-refractivity contribution in [3.05, 3.63) is 28.2 Å². The minimum absolute atomic E-state index is 0.0449. The highest BCUT2D eigenvalue weighted by molar-refractivity contribution is 9.10. The van der Waals surface area contributed by atoms with Crippen LogP contribution in [0.4, 0.5) is 0 Å². The lowest BCUT2D eigenvalue weighted by Crippen LogP contribution is -2.38. The number of halogens is 1. The van der Waals surface area contributed by atoms with E-state index in [1.807, 2.05) is 11.8 Å². The van der Waals surface area contributed by atoms with Gasteiger partial charge in [-0.15, -0.1) is 0 Å². The molecule has 1 aromatic rings. The zero-order valence-electron chi connectivity index (χ0n) is 11.9. The fourth-order valence-corrected chi connectivity index (χ4v) is 3.53. The summed E-state index contributed by atoms with van der Waals surface area (Å²) in [7, 11) is -3.82. The Kier molecular flexibility index (Phi) is 5.06. The second-order valence-corrected chi connectivity index (χ2v) is 7.80. The Morgan fingerprint density at radius 2 is 2.05 bits per heavy atom. The number of nitrogens with zero attached hydrogens (tertiary/aromatic N) is 1. The standard InChI is InChI=1S/C14H19BrN2O3S/c1-10-5-3-2-4-8-17(10)14(18)12-9-11(21(16,19)20)6-7-13(12)15/h6-7,9-10H,2-5,8H2,1H3,(H2,16,19,20). The van der Waals surface area contributed by atoms with Gasteiger partial charge in [0.25, 0.3) is 5.91 Å². The summed E-state index contributed by atoms with van der Waals surface area (Å²) in [6.07, 6.45) is 4.18. The van der Waals surface area contributed by atoms with E-state index < -0.39 is 10.0 Å². The molecule has 1 aliphatic rings. The third-order valence-electron chi connectivity index (χ3n) is 3.81. The van der Waals surface area contributed by atoms with E-state index in [4.69, 9.17) is 5.14 Å². The van der Waals surface area contributed by atoms with Crippen molar-refractivity contribution in [3.8, 4) is 0 Å². The molecule has 116 valence electrons. The molecule has 1 fully saturated rings. The van der Waals surface area contributed by atoms with E-state index in [2.05, 4.69) is 15.9 Å². The molecule has 1 heterocycles. The van der Waals surface area contributed by atoms with Crippen molar-refractivity contribution >= 4 is 31.9 Å². The fourth-order valence-electron chi connectivity index (χ4n) is 2.58. The van der Waals surface area contributed by atoms with Crippen LogP contribution in [0.15, 0.2) is 27.6 Å². The van der Waals surface area contributed by atoms with Gasteiger partial charge in [0.15, 0.2) is 0 Å². The lowest BCUT2D eigenvalue weighted by atomic mass is 10.1. The normalized spacial score (nSPS) is 20.1. The minimum atomic E-state index is -3.82. The Morgan fingerprint density at radius 3 is 2.71 bits per heavy atom. The number of hydrogen-bond acceptors (Lipinski definition) is 3. The van der Waals surface area contributed by atoms with Crippen molar-refractivity contribution in [2.45, 2.75) is 43.5 Å². The molecule has 0 radical (unpaired) electrons. The lowest BCUT2D eigenvalue weighted by molar-refractivity contribution is 0.0696. The first-order valence-corrected chi connectivity index (χ1v) is 9.28. The van der Waals surface area contributed by atoms with Crippen LogP contribution in [0.3, 0.4) is 0 Å². The van der Waals surface area contributed by atoms with E-state index >= 15 is 0 Å². The molecule has 2 rings (SSSR count). The van der Waals surface area contributed by atoms with Crippen LogP contribution in [-0.4, -0.2) is 31.8 Å². The maximum atomic E-state index is 12.7. The first kappa shape index (κ1) is 16.5. The number of nitrogens with two attached hydrogens (primary N) is 1. The van der Waals surface area contributed by atoms with Crippen molar-refractivity contribution in [3.63, 3.8) is 0 Å². The van der Waals surface area contributed by atoms with E-state index in [0.717, 1.165) is 25.7 Å². The number of primary sulfonamides is 1. The van der Waals surface area contributed by atoms with Gasteiger partial charge in [-0.1, -0.05) is 12.8 Å². The van der Waals surface area contributed by atoms with Gasteiger partial charge in [0.2, 0.25) is 10.0 Å². The second kappa shape index (κ2) is 6.46. The highest BCUT2D eigenvalue weighted by atomic mass is 79.9. The molecule has 1 aromatic carbocycles. The number of sulfonamides is 1. The molecule has 2 N–H and O–H groups in total. The molecule has 5 nitrogen and oxygen atoms in total. The second-order valence-electron chi connectivity index (χ2n) is 5.38. The average Bonchev–Trinajstić information content (AvgIpc) is 2.62. The van der Waals surface area contributed by atoms with Crippen LogP contribution in [0.25, 0.3) is 0 Å². The van der Waals surface area contributed by atoms with Crippen molar-refractivity contribution in [1.29, 1.82) is 0 Å². The Hall–Kier alpha value is -0.920. The van der Waals surface area contributed by atoms with Gasteiger partial charge in [0, 0.05) is 17.1 Å². The first-order chi connectivity index (χ1) is 9.80. The Bertz CT molecular complexity index is 646. The number of carbonyl (C=O) groups is 1. The fraction of sp³-hybridized carbons (Fsp3) is 0.500. The highest BCUT2D eigenvalue weighted by Gasteiger charge is 2.25. The molecule has 0 aromatic heterocycles. The van der Waals surface area contributed by atoms with Crippen molar-refractivity contribution in [2.24, 2.45) is 5.14 Å². The number of hydrogen-bond donors (Lipinski definition) is 1. The molecular weight excluding hydrogens is 356 g/mol. The largest absolute Gasteiger partial charge is 0.336 e. The number of rotatable bonds is 2. The van der Waals surface area contributed by atoms with E-state index in [1.165, 1.54) is 12.1 Å². The summed E-state index contributed by atoms with van der Waals surface area (Å²) in [5, 5.41) is 5.14. The molecule has 0 spiro atoms. The molecular formula is C14H19BrN2O3S. The summed E-state index contributed by atoms with van der Waals surface area (Å²) in [6, 6.07) is 4.45. The molecule has 21 heavy (non-hydrogen) atoms. The quantitative estimate of drug-likeness (QED) is 0.863. The molecule has 0 saturated carbocycles. The van der Waals surface area contributed by atoms with Gasteiger partial charge in [-0.05, 0) is 53.9 Å². The van der Waals surface area contributed by atoms with Crippen LogP contribution in [0, 0.1) is 0 Å². The van der Waals surface area contributed by atoms with Crippen LogP contribution >= 0.6 is 15.9 Å². The van der Waals surface area contributed by atoms with E-state index in [-0.39, 0.29) is 16.8 Å². The molecule has 0 aliphatic carbocycles. The maximum Gasteiger partial charge on any atom is 0.255 e. The van der Waals surface area contributed by atoms with Crippen molar-refractivity contribution in [1.82, 2.24) is 4.90 Å². The Balaban J connectivity index is 2.38. The summed E-state index contributed by atoms with van der Waals surface area (Å²) in [5.41, 5.74) is 0.343. The third kappa shape index (κ3) is 3.84. The van der Waals surface area contributed by atoms with Crippen LogP contribution in [0.5, 0.6) is 0 Å². The summed E-state index contributed by atoms with van der Waals surface area (Å²) >= 11 is 3.32. The summed E-state index contributed by atoms with van der Waals surface area (Å²) < 4.78 is 23.5. The minimum Gasteiger partial charge on any atom is -0.336 e. The molecule has 1 saturated heterocycles. The zero-order valence-corrected chi connectivity index (χ0v) is 14.3. The molecule has 1 unspecified atom stereocenters. The summed E-state index contributed by atoms with van der Waals surface area (Å²) in [5.74, 6) is -0.151. The predicted molar refractivity (Wildman–Crippen MR) is 84.5 cm³/mol. The molecule has 7 heteroatoms. The van der Waals surface area contributed by atoms with Gasteiger partial charge in [0.05, 0.1) is 10.5 Å². The monoisotopic (exact) mass is 374 g/mol. The predicted octanol–water partition coefficient (Wildman–Crippen LogP) is 2.50. The lowest BCUT2D eigenvalue weighted by Gasteiger charge is -2.27. The van der Waals surface area contributed by atoms with Gasteiger partial charge < -0.3 is 4.90 Å². The van der Waals surface area contributed by atoms with Crippen LogP contribution in [0.1, 0.15) is 43.0 Å². The number of benzene rings is 1. The number of amides is 1. The topological polar surface area (TPSA) is 80.5 Å². The maximum absolute atomic E-state index is 12.7. The average molecular weight is 375 g/mol. The van der Waals surface area contributed by atoms with Crippen molar-refractivity contribution < 1.29 is 13.2 Å². The summed E-state index contributed by atoms with van der Waals surface area (Å²) in [6.45, 7) is 2.73. The van der Waals surface area contributed by atoms with E-state index in [9.17, 15) is 13.2 Å². The number of likely N-dealkylation sites (tertiary alicyclic amines) is 1. The third-order valence-corrected chi connectivity index (χ3v) is 5.41. The summed E-state index contributed by atoms with van der Waals surface area (Å²) in [4.78, 5) is 14.5. The van der Waals surface area contributed by atoms with Gasteiger partial charge in [-0.2, -0.15) is 0 Å². The molecule has 1 aliphatic heterocycles. The zero-order chi connectivity index (χ0) is 15.6. The highest BCUT2D eigenvalue weighted by Crippen LogP contribution is 2.25. The van der Waals surface area contributed by atoms with Gasteiger partial charge in [-0.25, -0.2) is 13.6 Å². The van der Waals surface area contributed by atoms with Crippen LogP contribution in [0.2, 0.25) is 0 Å². The number of carbonyl (C=O) groups excluding carboxylic acids is 1. The Morgan fingerprint density at radius 1 is 1.33 bits per heavy atom. The first-order valence-electron chi connectivity index (χ1n) is 6.94. The Labute approximate surface area is 133 Å². The van der Waals surface area contributed by atoms with Crippen LogP contribution in [-0.2, 0) is 10.0 Å². The molecule has 1 amide bonds. The molecule has 1 atom stereocenters. The van der Waals surface area contributed by atoms with Gasteiger partial charge in [0.1, 0.15) is 0 Å². The SMILES string of the molecule is CC1CCCCCN1C(=O)c1cc(S(N)(=O)=O)ccc1Br.